The van der Waals surface area contributed by atoms with Gasteiger partial charge >= 0.3 is 0 Å². The van der Waals surface area contributed by atoms with Crippen molar-refractivity contribution in [2.45, 2.75) is 65.2 Å². The molecule has 1 aromatic heterocycles. The quantitative estimate of drug-likeness (QED) is 0.103. The van der Waals surface area contributed by atoms with Crippen LogP contribution in [0.25, 0.3) is 44.2 Å². The van der Waals surface area contributed by atoms with Gasteiger partial charge in [-0.1, -0.05) is 93.8 Å². The summed E-state index contributed by atoms with van der Waals surface area (Å²) < 4.78 is 82.8. The van der Waals surface area contributed by atoms with Gasteiger partial charge in [0.05, 0.1) is 10.8 Å². The van der Waals surface area contributed by atoms with Gasteiger partial charge < -0.3 is 4.42 Å². The van der Waals surface area contributed by atoms with Gasteiger partial charge in [-0.05, 0) is 83.7 Å². The minimum Gasteiger partial charge on any atom is -0.456 e. The second-order valence-corrected chi connectivity index (χ2v) is 12.0. The van der Waals surface area contributed by atoms with Crippen molar-refractivity contribution in [2.75, 3.05) is 0 Å². The molecule has 0 spiro atoms. The van der Waals surface area contributed by atoms with E-state index in [2.05, 4.69) is 13.8 Å². The summed E-state index contributed by atoms with van der Waals surface area (Å²) in [6, 6.07) is 22.4. The Balaban J connectivity index is 1.30. The first-order valence-electron chi connectivity index (χ1n) is 16.0. The molecule has 1 heterocycles. The molecule has 1 nitrogen and oxygen atoms in total. The molecule has 0 amide bonds. The number of aryl methyl sites for hydroxylation is 4. The highest BCUT2D eigenvalue weighted by Gasteiger charge is 2.25. The summed E-state index contributed by atoms with van der Waals surface area (Å²) >= 11 is 0. The zero-order valence-corrected chi connectivity index (χ0v) is 26.0. The highest BCUT2D eigenvalue weighted by atomic mass is 19.2. The summed E-state index contributed by atoms with van der Waals surface area (Å²) in [7, 11) is 0. The Bertz CT molecular complexity index is 2010. The maximum atomic E-state index is 15.6. The van der Waals surface area contributed by atoms with Crippen molar-refractivity contribution in [1.82, 2.24) is 0 Å². The number of furan rings is 1. The lowest BCUT2D eigenvalue weighted by molar-refractivity contribution is 0.504. The third-order valence-electron chi connectivity index (χ3n) is 8.74. The standard InChI is InChI=1S/C40H35F5O/c1-3-5-6-8-25-13-16-27(17-14-25)30-20-19-28(21-32(30)41)31-23-34-36(40(45)38(31)43)35-33(46-34)22-29(37(42)39(35)44)18-15-26-11-9-24(7-4-2)10-12-26/h9-14,16-17,19-23H,3-8,15,18H2,1-2H3. The fraction of sp³-hybridized carbons (Fsp3) is 0.250. The van der Waals surface area contributed by atoms with Gasteiger partial charge in [0, 0.05) is 11.1 Å². The summed E-state index contributed by atoms with van der Waals surface area (Å²) in [5.74, 6) is -5.68. The van der Waals surface area contributed by atoms with Crippen LogP contribution >= 0.6 is 0 Å². The van der Waals surface area contributed by atoms with E-state index in [4.69, 9.17) is 4.42 Å². The Hall–Kier alpha value is -4.45. The van der Waals surface area contributed by atoms with Crippen LogP contribution in [0.5, 0.6) is 0 Å². The van der Waals surface area contributed by atoms with Crippen molar-refractivity contribution in [2.24, 2.45) is 0 Å². The third-order valence-corrected chi connectivity index (χ3v) is 8.74. The topological polar surface area (TPSA) is 13.1 Å². The van der Waals surface area contributed by atoms with E-state index in [1.54, 1.807) is 0 Å². The van der Waals surface area contributed by atoms with Crippen LogP contribution in [0.4, 0.5) is 22.0 Å². The van der Waals surface area contributed by atoms with Crippen LogP contribution in [-0.4, -0.2) is 0 Å². The molecule has 236 valence electrons. The van der Waals surface area contributed by atoms with Crippen LogP contribution in [0.3, 0.4) is 0 Å². The molecule has 46 heavy (non-hydrogen) atoms. The molecule has 6 heteroatoms. The fourth-order valence-electron chi connectivity index (χ4n) is 6.18. The maximum Gasteiger partial charge on any atom is 0.171 e. The first-order valence-corrected chi connectivity index (χ1v) is 16.0. The Morgan fingerprint density at radius 2 is 1.07 bits per heavy atom. The Kier molecular flexibility index (Phi) is 9.25. The zero-order valence-electron chi connectivity index (χ0n) is 26.0. The molecule has 0 aliphatic carbocycles. The number of unbranched alkanes of at least 4 members (excludes halogenated alkanes) is 2. The molecule has 0 aliphatic rings. The summed E-state index contributed by atoms with van der Waals surface area (Å²) in [6.07, 6.45) is 6.99. The van der Waals surface area contributed by atoms with Gasteiger partial charge in [0.25, 0.3) is 0 Å². The predicted octanol–water partition coefficient (Wildman–Crippen LogP) is 12.1. The lowest BCUT2D eigenvalue weighted by Crippen LogP contribution is -1.99. The second kappa shape index (κ2) is 13.5. The summed E-state index contributed by atoms with van der Waals surface area (Å²) in [5.41, 5.74) is 4.04. The number of fused-ring (bicyclic) bond motifs is 3. The molecular weight excluding hydrogens is 591 g/mol. The van der Waals surface area contributed by atoms with Crippen molar-refractivity contribution in [3.8, 4) is 22.3 Å². The molecule has 0 saturated heterocycles. The van der Waals surface area contributed by atoms with Crippen molar-refractivity contribution < 1.29 is 26.4 Å². The first-order chi connectivity index (χ1) is 22.3. The minimum atomic E-state index is -1.38. The molecule has 0 saturated carbocycles. The lowest BCUT2D eigenvalue weighted by Gasteiger charge is -2.10. The molecule has 6 rings (SSSR count). The summed E-state index contributed by atoms with van der Waals surface area (Å²) in [4.78, 5) is 0. The molecule has 0 N–H and O–H groups in total. The molecule has 5 aromatic carbocycles. The number of halogens is 5. The third kappa shape index (κ3) is 6.18. The van der Waals surface area contributed by atoms with Crippen LogP contribution in [-0.2, 0) is 25.7 Å². The molecule has 0 atom stereocenters. The van der Waals surface area contributed by atoms with Crippen LogP contribution in [0.2, 0.25) is 0 Å². The van der Waals surface area contributed by atoms with Gasteiger partial charge in [-0.25, -0.2) is 22.0 Å². The van der Waals surface area contributed by atoms with Gasteiger partial charge in [0.2, 0.25) is 0 Å². The first kappa shape index (κ1) is 31.5. The molecule has 0 aliphatic heterocycles. The van der Waals surface area contributed by atoms with Crippen LogP contribution in [0.1, 0.15) is 61.8 Å². The van der Waals surface area contributed by atoms with E-state index >= 15 is 22.0 Å². The summed E-state index contributed by atoms with van der Waals surface area (Å²) in [6.45, 7) is 4.25. The zero-order chi connectivity index (χ0) is 32.4. The van der Waals surface area contributed by atoms with Crippen molar-refractivity contribution in [1.29, 1.82) is 0 Å². The number of benzene rings is 5. The van der Waals surface area contributed by atoms with Crippen molar-refractivity contribution in [3.05, 3.63) is 130 Å². The van der Waals surface area contributed by atoms with Gasteiger partial charge in [-0.3, -0.25) is 0 Å². The SMILES string of the molecule is CCCCCc1ccc(-c2ccc(-c3cc4oc5cc(CCc6ccc(CCC)cc6)c(F)c(F)c5c4c(F)c3F)cc2F)cc1. The Morgan fingerprint density at radius 3 is 1.72 bits per heavy atom. The van der Waals surface area contributed by atoms with E-state index < -0.39 is 39.9 Å². The van der Waals surface area contributed by atoms with Crippen molar-refractivity contribution in [3.63, 3.8) is 0 Å². The van der Waals surface area contributed by atoms with Gasteiger partial charge in [0.15, 0.2) is 23.3 Å². The number of hydrogen-bond acceptors (Lipinski definition) is 1. The average Bonchev–Trinajstić information content (AvgIpc) is 3.43. The van der Waals surface area contributed by atoms with Gasteiger partial charge in [0.1, 0.15) is 17.0 Å². The predicted molar refractivity (Wildman–Crippen MR) is 175 cm³/mol. The molecule has 0 fully saturated rings. The average molecular weight is 627 g/mol. The smallest absolute Gasteiger partial charge is 0.171 e. The molecule has 0 unspecified atom stereocenters. The van der Waals surface area contributed by atoms with E-state index in [0.717, 1.165) is 50.2 Å². The monoisotopic (exact) mass is 626 g/mol. The fourth-order valence-corrected chi connectivity index (χ4v) is 6.18. The molecule has 0 radical (unpaired) electrons. The largest absolute Gasteiger partial charge is 0.456 e. The molecule has 0 bridgehead atoms. The lowest BCUT2D eigenvalue weighted by atomic mass is 9.96. The van der Waals surface area contributed by atoms with E-state index in [0.29, 0.717) is 17.5 Å². The van der Waals surface area contributed by atoms with Crippen LogP contribution in [0, 0.1) is 29.1 Å². The van der Waals surface area contributed by atoms with E-state index in [1.807, 2.05) is 48.5 Å². The normalized spacial score (nSPS) is 11.6. The van der Waals surface area contributed by atoms with Crippen LogP contribution in [0.15, 0.2) is 83.3 Å². The van der Waals surface area contributed by atoms with E-state index in [1.165, 1.54) is 35.4 Å². The minimum absolute atomic E-state index is 0.0782. The second-order valence-electron chi connectivity index (χ2n) is 12.0. The highest BCUT2D eigenvalue weighted by Crippen LogP contribution is 2.40. The van der Waals surface area contributed by atoms with E-state index in [-0.39, 0.29) is 34.3 Å². The number of rotatable bonds is 11. The molecule has 6 aromatic rings. The number of hydrogen-bond donors (Lipinski definition) is 0. The Morgan fingerprint density at radius 1 is 0.478 bits per heavy atom. The van der Waals surface area contributed by atoms with Crippen molar-refractivity contribution >= 4 is 21.9 Å². The maximum absolute atomic E-state index is 15.6. The Labute approximate surface area is 265 Å². The van der Waals surface area contributed by atoms with Crippen LogP contribution < -0.4 is 0 Å². The van der Waals surface area contributed by atoms with Gasteiger partial charge in [-0.15, -0.1) is 0 Å². The van der Waals surface area contributed by atoms with E-state index in [9.17, 15) is 0 Å². The van der Waals surface area contributed by atoms with Gasteiger partial charge in [-0.2, -0.15) is 0 Å². The molecular formula is C40H35F5O. The highest BCUT2D eigenvalue weighted by molar-refractivity contribution is 6.07. The summed E-state index contributed by atoms with van der Waals surface area (Å²) in [5, 5.41) is -0.940.